The van der Waals surface area contributed by atoms with Gasteiger partial charge in [0.05, 0.1) is 30.8 Å². The van der Waals surface area contributed by atoms with Crippen LogP contribution in [0.4, 0.5) is 14.5 Å². The summed E-state index contributed by atoms with van der Waals surface area (Å²) in [5, 5.41) is 9.11. The van der Waals surface area contributed by atoms with Crippen molar-refractivity contribution in [2.24, 2.45) is 0 Å². The van der Waals surface area contributed by atoms with Gasteiger partial charge in [0.1, 0.15) is 17.4 Å². The van der Waals surface area contributed by atoms with Crippen LogP contribution in [-0.2, 0) is 10.0 Å². The van der Waals surface area contributed by atoms with Crippen molar-refractivity contribution >= 4 is 15.7 Å². The average molecular weight is 343 g/mol. The van der Waals surface area contributed by atoms with Crippen LogP contribution in [0.1, 0.15) is 0 Å². The van der Waals surface area contributed by atoms with Gasteiger partial charge in [-0.15, -0.1) is 0 Å². The molecule has 0 fully saturated rings. The molecule has 8 heteroatoms. The summed E-state index contributed by atoms with van der Waals surface area (Å²) >= 11 is 0. The zero-order chi connectivity index (χ0) is 17.0. The summed E-state index contributed by atoms with van der Waals surface area (Å²) < 4.78 is 58.0. The molecule has 0 aromatic heterocycles. The van der Waals surface area contributed by atoms with Crippen LogP contribution in [0, 0.1) is 11.6 Å². The number of methoxy groups -OCH3 is 1. The molecule has 0 aliphatic carbocycles. The number of ether oxygens (including phenoxy) is 1. The fourth-order valence-electron chi connectivity index (χ4n) is 2.02. The molecule has 1 N–H and O–H groups in total. The molecule has 0 aliphatic rings. The summed E-state index contributed by atoms with van der Waals surface area (Å²) in [5.41, 5.74) is -0.337. The SMILES string of the molecule is COc1ccc(S(=O)(=O)N(CCO)c2ccc(F)cc2F)cc1. The van der Waals surface area contributed by atoms with E-state index in [1.165, 1.54) is 31.4 Å². The van der Waals surface area contributed by atoms with Crippen molar-refractivity contribution in [1.82, 2.24) is 0 Å². The molecule has 124 valence electrons. The van der Waals surface area contributed by atoms with Gasteiger partial charge in [-0.2, -0.15) is 0 Å². The smallest absolute Gasteiger partial charge is 0.264 e. The first kappa shape index (κ1) is 17.2. The van der Waals surface area contributed by atoms with Crippen molar-refractivity contribution < 1.29 is 27.0 Å². The maximum absolute atomic E-state index is 13.9. The number of hydrogen-bond acceptors (Lipinski definition) is 4. The summed E-state index contributed by atoms with van der Waals surface area (Å²) in [6.07, 6.45) is 0. The van der Waals surface area contributed by atoms with Gasteiger partial charge in [0, 0.05) is 6.07 Å². The van der Waals surface area contributed by atoms with E-state index >= 15 is 0 Å². The topological polar surface area (TPSA) is 66.8 Å². The molecule has 0 saturated carbocycles. The Bertz CT molecular complexity index is 779. The van der Waals surface area contributed by atoms with Crippen molar-refractivity contribution in [3.63, 3.8) is 0 Å². The maximum Gasteiger partial charge on any atom is 0.264 e. The van der Waals surface area contributed by atoms with Gasteiger partial charge in [-0.05, 0) is 36.4 Å². The monoisotopic (exact) mass is 343 g/mol. The zero-order valence-corrected chi connectivity index (χ0v) is 13.1. The van der Waals surface area contributed by atoms with Crippen LogP contribution >= 0.6 is 0 Å². The Morgan fingerprint density at radius 2 is 1.78 bits per heavy atom. The summed E-state index contributed by atoms with van der Waals surface area (Å²) in [6.45, 7) is -0.886. The van der Waals surface area contributed by atoms with Crippen molar-refractivity contribution in [3.8, 4) is 5.75 Å². The minimum atomic E-state index is -4.12. The van der Waals surface area contributed by atoms with E-state index in [0.717, 1.165) is 12.1 Å². The number of sulfonamides is 1. The van der Waals surface area contributed by atoms with E-state index in [0.29, 0.717) is 16.1 Å². The largest absolute Gasteiger partial charge is 0.497 e. The third kappa shape index (κ3) is 3.59. The van der Waals surface area contributed by atoms with E-state index in [2.05, 4.69) is 0 Å². The molecule has 0 unspecified atom stereocenters. The fraction of sp³-hybridized carbons (Fsp3) is 0.200. The van der Waals surface area contributed by atoms with E-state index < -0.39 is 28.3 Å². The molecular formula is C15H15F2NO4S. The second kappa shape index (κ2) is 6.93. The van der Waals surface area contributed by atoms with Crippen LogP contribution in [0.25, 0.3) is 0 Å². The highest BCUT2D eigenvalue weighted by Gasteiger charge is 2.27. The first-order valence-corrected chi connectivity index (χ1v) is 8.07. The van der Waals surface area contributed by atoms with Crippen molar-refractivity contribution in [2.45, 2.75) is 4.90 Å². The molecule has 0 amide bonds. The highest BCUT2D eigenvalue weighted by atomic mass is 32.2. The Balaban J connectivity index is 2.49. The number of rotatable bonds is 6. The predicted octanol–water partition coefficient (Wildman–Crippen LogP) is 2.16. The van der Waals surface area contributed by atoms with E-state index in [4.69, 9.17) is 9.84 Å². The van der Waals surface area contributed by atoms with Gasteiger partial charge in [-0.25, -0.2) is 17.2 Å². The fourth-order valence-corrected chi connectivity index (χ4v) is 3.48. The molecule has 2 rings (SSSR count). The Morgan fingerprint density at radius 1 is 1.13 bits per heavy atom. The minimum absolute atomic E-state index is 0.101. The highest BCUT2D eigenvalue weighted by Crippen LogP contribution is 2.27. The normalized spacial score (nSPS) is 11.3. The number of halogens is 2. The van der Waals surface area contributed by atoms with Gasteiger partial charge in [0.25, 0.3) is 10.0 Å². The number of aliphatic hydroxyl groups excluding tert-OH is 1. The molecule has 0 atom stereocenters. The molecule has 2 aromatic rings. The zero-order valence-electron chi connectivity index (χ0n) is 12.2. The van der Waals surface area contributed by atoms with E-state index in [1.807, 2.05) is 0 Å². The molecule has 5 nitrogen and oxygen atoms in total. The van der Waals surface area contributed by atoms with Crippen molar-refractivity contribution in [3.05, 3.63) is 54.1 Å². The van der Waals surface area contributed by atoms with Gasteiger partial charge >= 0.3 is 0 Å². The molecule has 0 aliphatic heterocycles. The molecule has 2 aromatic carbocycles. The molecular weight excluding hydrogens is 328 g/mol. The second-order valence-corrected chi connectivity index (χ2v) is 6.43. The number of aliphatic hydroxyl groups is 1. The summed E-state index contributed by atoms with van der Waals surface area (Å²) in [6, 6.07) is 8.06. The standard InChI is InChI=1S/C15H15F2NO4S/c1-22-12-3-5-13(6-4-12)23(20,21)18(8-9-19)15-7-2-11(16)10-14(15)17/h2-7,10,19H,8-9H2,1H3. The van der Waals surface area contributed by atoms with Crippen LogP contribution in [0.5, 0.6) is 5.75 Å². The Morgan fingerprint density at radius 3 is 2.30 bits per heavy atom. The maximum atomic E-state index is 13.9. The van der Waals surface area contributed by atoms with Crippen LogP contribution < -0.4 is 9.04 Å². The van der Waals surface area contributed by atoms with Crippen LogP contribution in [0.15, 0.2) is 47.4 Å². The number of benzene rings is 2. The lowest BCUT2D eigenvalue weighted by molar-refractivity contribution is 0.306. The third-order valence-electron chi connectivity index (χ3n) is 3.13. The molecule has 0 radical (unpaired) electrons. The van der Waals surface area contributed by atoms with E-state index in [1.54, 1.807) is 0 Å². The predicted molar refractivity (Wildman–Crippen MR) is 81.0 cm³/mol. The Kier molecular flexibility index (Phi) is 5.17. The lowest BCUT2D eigenvalue weighted by atomic mass is 10.3. The van der Waals surface area contributed by atoms with Crippen LogP contribution in [0.3, 0.4) is 0 Å². The van der Waals surface area contributed by atoms with Crippen molar-refractivity contribution in [2.75, 3.05) is 24.6 Å². The van der Waals surface area contributed by atoms with Crippen molar-refractivity contribution in [1.29, 1.82) is 0 Å². The molecule has 0 bridgehead atoms. The molecule has 0 saturated heterocycles. The lowest BCUT2D eigenvalue weighted by Gasteiger charge is -2.24. The van der Waals surface area contributed by atoms with Gasteiger partial charge in [0.2, 0.25) is 0 Å². The van der Waals surface area contributed by atoms with E-state index in [9.17, 15) is 17.2 Å². The molecule has 0 heterocycles. The average Bonchev–Trinajstić information content (AvgIpc) is 2.53. The first-order chi connectivity index (χ1) is 10.9. The number of anilines is 1. The first-order valence-electron chi connectivity index (χ1n) is 6.63. The summed E-state index contributed by atoms with van der Waals surface area (Å²) in [4.78, 5) is -0.101. The van der Waals surface area contributed by atoms with Gasteiger partial charge < -0.3 is 9.84 Å². The van der Waals surface area contributed by atoms with Crippen LogP contribution in [-0.4, -0.2) is 33.8 Å². The second-order valence-electron chi connectivity index (χ2n) is 4.57. The lowest BCUT2D eigenvalue weighted by Crippen LogP contribution is -2.34. The van der Waals surface area contributed by atoms with Crippen LogP contribution in [0.2, 0.25) is 0 Å². The Hall–Kier alpha value is -2.19. The van der Waals surface area contributed by atoms with Gasteiger partial charge in [0.15, 0.2) is 0 Å². The third-order valence-corrected chi connectivity index (χ3v) is 4.96. The number of hydrogen-bond donors (Lipinski definition) is 1. The summed E-state index contributed by atoms with van der Waals surface area (Å²) in [5.74, 6) is -1.39. The highest BCUT2D eigenvalue weighted by molar-refractivity contribution is 7.92. The van der Waals surface area contributed by atoms with Gasteiger partial charge in [-0.3, -0.25) is 4.31 Å². The quantitative estimate of drug-likeness (QED) is 0.873. The minimum Gasteiger partial charge on any atom is -0.497 e. The summed E-state index contributed by atoms with van der Waals surface area (Å²) in [7, 11) is -2.68. The number of nitrogens with zero attached hydrogens (tertiary/aromatic N) is 1. The Labute approximate surface area is 132 Å². The molecule has 0 spiro atoms. The van der Waals surface area contributed by atoms with E-state index in [-0.39, 0.29) is 17.1 Å². The molecule has 23 heavy (non-hydrogen) atoms. The van der Waals surface area contributed by atoms with Gasteiger partial charge in [-0.1, -0.05) is 0 Å².